The number of oxime groups is 1. The van der Waals surface area contributed by atoms with Crippen LogP contribution in [0.2, 0.25) is 0 Å². The van der Waals surface area contributed by atoms with Crippen LogP contribution in [0.15, 0.2) is 17.4 Å². The first-order valence-corrected chi connectivity index (χ1v) is 6.24. The molecule has 0 saturated carbocycles. The zero-order valence-corrected chi connectivity index (χ0v) is 11.4. The highest BCUT2D eigenvalue weighted by Crippen LogP contribution is 2.25. The lowest BCUT2D eigenvalue weighted by Crippen LogP contribution is -2.15. The predicted octanol–water partition coefficient (Wildman–Crippen LogP) is 1.90. The molecule has 1 heterocycles. The van der Waals surface area contributed by atoms with E-state index in [4.69, 9.17) is 15.7 Å². The average molecular weight is 282 g/mol. The van der Waals surface area contributed by atoms with E-state index in [9.17, 15) is 10.1 Å². The number of amidine groups is 1. The first-order chi connectivity index (χ1) is 9.49. The maximum Gasteiger partial charge on any atom is 0.331 e. The Bertz CT molecular complexity index is 504. The summed E-state index contributed by atoms with van der Waals surface area (Å²) in [4.78, 5) is 14.3. The summed E-state index contributed by atoms with van der Waals surface area (Å²) in [5, 5.41) is 22.3. The molecule has 0 aromatic carbocycles. The van der Waals surface area contributed by atoms with Crippen LogP contribution in [0, 0.1) is 16.0 Å². The highest BCUT2D eigenvalue weighted by molar-refractivity contribution is 5.97. The van der Waals surface area contributed by atoms with Crippen LogP contribution in [0.25, 0.3) is 0 Å². The van der Waals surface area contributed by atoms with E-state index in [1.54, 1.807) is 0 Å². The van der Waals surface area contributed by atoms with E-state index in [1.165, 1.54) is 12.3 Å². The van der Waals surface area contributed by atoms with Crippen molar-refractivity contribution < 1.29 is 14.9 Å². The van der Waals surface area contributed by atoms with E-state index in [2.05, 4.69) is 17.1 Å². The van der Waals surface area contributed by atoms with Crippen molar-refractivity contribution in [1.82, 2.24) is 4.98 Å². The number of nitrogens with zero attached hydrogens (tertiary/aromatic N) is 3. The topological polar surface area (TPSA) is 124 Å². The third-order valence-electron chi connectivity index (χ3n) is 2.72. The minimum atomic E-state index is -0.610. The lowest BCUT2D eigenvalue weighted by molar-refractivity contribution is -0.386. The van der Waals surface area contributed by atoms with Crippen LogP contribution < -0.4 is 10.5 Å². The van der Waals surface area contributed by atoms with Crippen LogP contribution in [0.1, 0.15) is 32.3 Å². The van der Waals surface area contributed by atoms with E-state index < -0.39 is 4.92 Å². The minimum absolute atomic E-state index is 0.0626. The van der Waals surface area contributed by atoms with Gasteiger partial charge in [-0.15, -0.1) is 0 Å². The molecule has 8 nitrogen and oxygen atoms in total. The van der Waals surface area contributed by atoms with Gasteiger partial charge in [0.2, 0.25) is 0 Å². The molecular formula is C12H18N4O4. The van der Waals surface area contributed by atoms with Crippen molar-refractivity contribution in [1.29, 1.82) is 0 Å². The Morgan fingerprint density at radius 2 is 2.40 bits per heavy atom. The molecule has 0 spiro atoms. The molecule has 0 fully saturated rings. The molecule has 0 saturated heterocycles. The van der Waals surface area contributed by atoms with E-state index in [1.807, 2.05) is 6.92 Å². The second kappa shape index (κ2) is 7.27. The van der Waals surface area contributed by atoms with E-state index in [0.717, 1.165) is 12.8 Å². The number of nitro groups is 1. The van der Waals surface area contributed by atoms with Gasteiger partial charge in [0.05, 0.1) is 11.5 Å². The molecular weight excluding hydrogens is 264 g/mol. The van der Waals surface area contributed by atoms with E-state index >= 15 is 0 Å². The summed E-state index contributed by atoms with van der Waals surface area (Å²) in [5.74, 6) is -0.0240. The van der Waals surface area contributed by atoms with Gasteiger partial charge in [0.25, 0.3) is 5.88 Å². The maximum atomic E-state index is 11.0. The van der Waals surface area contributed by atoms with E-state index in [-0.39, 0.29) is 28.9 Å². The number of hydrogen-bond acceptors (Lipinski definition) is 6. The van der Waals surface area contributed by atoms with Gasteiger partial charge >= 0.3 is 5.69 Å². The lowest BCUT2D eigenvalue weighted by Gasteiger charge is -2.11. The Morgan fingerprint density at radius 3 is 2.95 bits per heavy atom. The molecule has 1 unspecified atom stereocenters. The third kappa shape index (κ3) is 4.08. The van der Waals surface area contributed by atoms with Crippen molar-refractivity contribution in [3.05, 3.63) is 27.9 Å². The van der Waals surface area contributed by atoms with Crippen LogP contribution >= 0.6 is 0 Å². The summed E-state index contributed by atoms with van der Waals surface area (Å²) >= 11 is 0. The maximum absolute atomic E-state index is 11.0. The fourth-order valence-corrected chi connectivity index (χ4v) is 1.68. The molecule has 1 aromatic heterocycles. The van der Waals surface area contributed by atoms with Gasteiger partial charge in [0.15, 0.2) is 5.84 Å². The summed E-state index contributed by atoms with van der Waals surface area (Å²) in [6.07, 6.45) is 3.25. The molecule has 0 aliphatic rings. The van der Waals surface area contributed by atoms with Gasteiger partial charge in [-0.3, -0.25) is 10.1 Å². The molecule has 1 aromatic rings. The molecule has 0 radical (unpaired) electrons. The monoisotopic (exact) mass is 282 g/mol. The van der Waals surface area contributed by atoms with Gasteiger partial charge in [-0.2, -0.15) is 0 Å². The number of rotatable bonds is 7. The normalized spacial score (nSPS) is 13.0. The Morgan fingerprint density at radius 1 is 1.70 bits per heavy atom. The van der Waals surface area contributed by atoms with Gasteiger partial charge in [-0.25, -0.2) is 4.98 Å². The Kier molecular flexibility index (Phi) is 5.70. The third-order valence-corrected chi connectivity index (χ3v) is 2.72. The quantitative estimate of drug-likeness (QED) is 0.259. The summed E-state index contributed by atoms with van der Waals surface area (Å²) in [5.41, 5.74) is 5.22. The Balaban J connectivity index is 2.93. The highest BCUT2D eigenvalue weighted by atomic mass is 16.6. The summed E-state index contributed by atoms with van der Waals surface area (Å²) in [7, 11) is 0. The van der Waals surface area contributed by atoms with Gasteiger partial charge < -0.3 is 15.7 Å². The molecule has 8 heteroatoms. The summed E-state index contributed by atoms with van der Waals surface area (Å²) in [6.45, 7) is 4.41. The van der Waals surface area contributed by atoms with Crippen LogP contribution in [0.4, 0.5) is 5.69 Å². The standard InChI is InChI=1S/C12H18N4O4/c1-3-4-8(2)7-20-12-10(16(18)19)5-9(6-14-12)11(13)15-17/h5-6,8,17H,3-4,7H2,1-2H3,(H2,13,15). The SMILES string of the molecule is CCCC(C)COc1ncc(C(N)=NO)cc1[N+](=O)[O-]. The molecule has 0 aliphatic carbocycles. The first-order valence-electron chi connectivity index (χ1n) is 6.24. The Labute approximate surface area is 116 Å². The first kappa shape index (κ1) is 15.7. The number of hydrogen-bond donors (Lipinski definition) is 2. The van der Waals surface area contributed by atoms with Crippen LogP contribution in [0.3, 0.4) is 0 Å². The van der Waals surface area contributed by atoms with Crippen LogP contribution in [-0.4, -0.2) is 27.6 Å². The number of ether oxygens (including phenoxy) is 1. The number of aromatic nitrogens is 1. The van der Waals surface area contributed by atoms with Gasteiger partial charge in [0.1, 0.15) is 0 Å². The minimum Gasteiger partial charge on any atom is -0.473 e. The molecule has 1 rings (SSSR count). The van der Waals surface area contributed by atoms with Crippen molar-refractivity contribution in [2.24, 2.45) is 16.8 Å². The average Bonchev–Trinajstić information content (AvgIpc) is 2.44. The van der Waals surface area contributed by atoms with Crippen LogP contribution in [0.5, 0.6) is 5.88 Å². The molecule has 0 amide bonds. The van der Waals surface area contributed by atoms with Crippen molar-refractivity contribution in [3.8, 4) is 5.88 Å². The van der Waals surface area contributed by atoms with Crippen molar-refractivity contribution in [2.75, 3.05) is 6.61 Å². The number of nitrogens with two attached hydrogens (primary N) is 1. The zero-order chi connectivity index (χ0) is 15.1. The molecule has 20 heavy (non-hydrogen) atoms. The van der Waals surface area contributed by atoms with Crippen molar-refractivity contribution in [3.63, 3.8) is 0 Å². The van der Waals surface area contributed by atoms with Crippen LogP contribution in [-0.2, 0) is 0 Å². The lowest BCUT2D eigenvalue weighted by atomic mass is 10.1. The summed E-state index contributed by atoms with van der Waals surface area (Å²) in [6, 6.07) is 1.17. The predicted molar refractivity (Wildman–Crippen MR) is 73.0 cm³/mol. The smallest absolute Gasteiger partial charge is 0.331 e. The van der Waals surface area contributed by atoms with Gasteiger partial charge in [-0.1, -0.05) is 25.4 Å². The van der Waals surface area contributed by atoms with E-state index in [0.29, 0.717) is 6.61 Å². The molecule has 3 N–H and O–H groups in total. The van der Waals surface area contributed by atoms with Crippen molar-refractivity contribution >= 4 is 11.5 Å². The van der Waals surface area contributed by atoms with Crippen molar-refractivity contribution in [2.45, 2.75) is 26.7 Å². The summed E-state index contributed by atoms with van der Waals surface area (Å²) < 4.78 is 5.39. The molecule has 0 aliphatic heterocycles. The second-order valence-electron chi connectivity index (χ2n) is 4.50. The highest BCUT2D eigenvalue weighted by Gasteiger charge is 2.20. The fraction of sp³-hybridized carbons (Fsp3) is 0.500. The van der Waals surface area contributed by atoms with Gasteiger partial charge in [0, 0.05) is 17.8 Å². The fourth-order valence-electron chi connectivity index (χ4n) is 1.68. The Hall–Kier alpha value is -2.38. The largest absolute Gasteiger partial charge is 0.473 e. The van der Waals surface area contributed by atoms with Gasteiger partial charge in [-0.05, 0) is 12.3 Å². The molecule has 1 atom stereocenters. The zero-order valence-electron chi connectivity index (χ0n) is 11.4. The molecule has 0 bridgehead atoms. The number of pyridine rings is 1. The second-order valence-corrected chi connectivity index (χ2v) is 4.50. The molecule has 110 valence electrons.